The van der Waals surface area contributed by atoms with Gasteiger partial charge in [0.25, 0.3) is 5.56 Å². The van der Waals surface area contributed by atoms with Crippen molar-refractivity contribution < 1.29 is 17.9 Å². The molecular weight excluding hydrogens is 395 g/mol. The van der Waals surface area contributed by atoms with E-state index in [2.05, 4.69) is 4.98 Å². The minimum Gasteiger partial charge on any atom is -0.492 e. The molecule has 2 aromatic heterocycles. The second-order valence-corrected chi connectivity index (χ2v) is 7.11. The average Bonchev–Trinajstić information content (AvgIpc) is 2.71. The number of nitrogens with two attached hydrogens (primary N) is 1. The summed E-state index contributed by atoms with van der Waals surface area (Å²) in [6.07, 6.45) is -2.83. The molecule has 30 heavy (non-hydrogen) atoms. The van der Waals surface area contributed by atoms with Crippen molar-refractivity contribution in [3.63, 3.8) is 0 Å². The summed E-state index contributed by atoms with van der Waals surface area (Å²) >= 11 is 0. The number of hydrogen-bond acceptors (Lipinski definition) is 4. The van der Waals surface area contributed by atoms with E-state index in [9.17, 15) is 18.0 Å². The number of rotatable bonds is 5. The monoisotopic (exact) mass is 423 g/mol. The lowest BCUT2D eigenvalue weighted by Gasteiger charge is -2.20. The molecule has 2 N–H and O–H groups in total. The molecule has 1 aromatic carbocycles. The van der Waals surface area contributed by atoms with Gasteiger partial charge in [-0.2, -0.15) is 13.2 Å². The number of aromatic nitrogens is 2. The number of alkyl halides is 3. The zero-order chi connectivity index (χ0) is 22.6. The van der Waals surface area contributed by atoms with Gasteiger partial charge in [-0.15, -0.1) is 0 Å². The van der Waals surface area contributed by atoms with E-state index in [-0.39, 0.29) is 18.6 Å². The van der Waals surface area contributed by atoms with Crippen LogP contribution in [0.5, 0.6) is 5.75 Å². The standard InChI is InChI=1S/C20H22F3N3O2.C2H6/c1-11(20(21,22)23)8-13(24)10-28-14-4-5-15-16-6-7-25-12(2)18(16)19(27)26(3)17(15)9-14;1-2/h4-7,9,11,13H,8,10,24H2,1-3H3;1-2H3. The van der Waals surface area contributed by atoms with Crippen molar-refractivity contribution in [3.05, 3.63) is 46.5 Å². The maximum Gasteiger partial charge on any atom is 0.391 e. The van der Waals surface area contributed by atoms with E-state index in [1.807, 2.05) is 19.9 Å². The molecule has 0 saturated heterocycles. The highest BCUT2D eigenvalue weighted by atomic mass is 19.4. The van der Waals surface area contributed by atoms with Gasteiger partial charge in [-0.25, -0.2) is 0 Å². The normalized spacial score (nSPS) is 13.6. The number of ether oxygens (including phenoxy) is 1. The summed E-state index contributed by atoms with van der Waals surface area (Å²) in [4.78, 5) is 16.9. The molecule has 3 aromatic rings. The van der Waals surface area contributed by atoms with Crippen LogP contribution in [0, 0.1) is 12.8 Å². The number of halogens is 3. The fourth-order valence-electron chi connectivity index (χ4n) is 3.30. The molecule has 0 amide bonds. The van der Waals surface area contributed by atoms with Crippen LogP contribution in [-0.4, -0.2) is 28.4 Å². The number of aryl methyl sites for hydroxylation is 2. The van der Waals surface area contributed by atoms with Crippen LogP contribution in [0.2, 0.25) is 0 Å². The van der Waals surface area contributed by atoms with Crippen molar-refractivity contribution in [3.8, 4) is 5.75 Å². The Morgan fingerprint density at radius 3 is 2.50 bits per heavy atom. The van der Waals surface area contributed by atoms with E-state index < -0.39 is 18.1 Å². The predicted molar refractivity (Wildman–Crippen MR) is 114 cm³/mol. The molecule has 0 aliphatic rings. The van der Waals surface area contributed by atoms with Crippen molar-refractivity contribution in [1.82, 2.24) is 9.55 Å². The first-order chi connectivity index (χ1) is 14.1. The summed E-state index contributed by atoms with van der Waals surface area (Å²) in [5.41, 5.74) is 6.95. The fraction of sp³-hybridized carbons (Fsp3) is 0.455. The van der Waals surface area contributed by atoms with Gasteiger partial charge in [0, 0.05) is 30.7 Å². The zero-order valence-corrected chi connectivity index (χ0v) is 17.9. The fourth-order valence-corrected chi connectivity index (χ4v) is 3.30. The van der Waals surface area contributed by atoms with Gasteiger partial charge < -0.3 is 15.0 Å². The summed E-state index contributed by atoms with van der Waals surface area (Å²) in [7, 11) is 1.66. The average molecular weight is 423 g/mol. The Morgan fingerprint density at radius 2 is 1.87 bits per heavy atom. The Bertz CT molecular complexity index is 1080. The highest BCUT2D eigenvalue weighted by Gasteiger charge is 2.36. The van der Waals surface area contributed by atoms with Crippen molar-refractivity contribution in [2.24, 2.45) is 18.7 Å². The third-order valence-corrected chi connectivity index (χ3v) is 4.96. The van der Waals surface area contributed by atoms with Gasteiger partial charge in [-0.3, -0.25) is 9.78 Å². The van der Waals surface area contributed by atoms with Crippen LogP contribution in [0.3, 0.4) is 0 Å². The van der Waals surface area contributed by atoms with Gasteiger partial charge in [0.1, 0.15) is 12.4 Å². The Balaban J connectivity index is 0.00000155. The van der Waals surface area contributed by atoms with Gasteiger partial charge >= 0.3 is 6.18 Å². The van der Waals surface area contributed by atoms with Crippen molar-refractivity contribution in [2.75, 3.05) is 6.61 Å². The molecule has 0 aliphatic heterocycles. The predicted octanol–water partition coefficient (Wildman–Crippen LogP) is 4.72. The topological polar surface area (TPSA) is 70.1 Å². The van der Waals surface area contributed by atoms with Gasteiger partial charge in [0.15, 0.2) is 0 Å². The van der Waals surface area contributed by atoms with Crippen LogP contribution in [0.1, 0.15) is 32.9 Å². The lowest BCUT2D eigenvalue weighted by Crippen LogP contribution is -2.34. The minimum absolute atomic E-state index is 0.0452. The molecule has 8 heteroatoms. The summed E-state index contributed by atoms with van der Waals surface area (Å²) in [5.74, 6) is -1.05. The molecule has 164 valence electrons. The number of benzene rings is 1. The third kappa shape index (κ3) is 4.92. The first-order valence-electron chi connectivity index (χ1n) is 9.92. The molecule has 5 nitrogen and oxygen atoms in total. The van der Waals surface area contributed by atoms with Crippen molar-refractivity contribution >= 4 is 21.7 Å². The van der Waals surface area contributed by atoms with Crippen LogP contribution in [0.25, 0.3) is 21.7 Å². The van der Waals surface area contributed by atoms with Gasteiger partial charge in [0.05, 0.1) is 22.5 Å². The lowest BCUT2D eigenvalue weighted by molar-refractivity contribution is -0.172. The summed E-state index contributed by atoms with van der Waals surface area (Å²) < 4.78 is 45.1. The second kappa shape index (κ2) is 9.47. The first-order valence-corrected chi connectivity index (χ1v) is 9.92. The van der Waals surface area contributed by atoms with Crippen LogP contribution >= 0.6 is 0 Å². The van der Waals surface area contributed by atoms with Crippen LogP contribution < -0.4 is 16.0 Å². The molecule has 0 radical (unpaired) electrons. The summed E-state index contributed by atoms with van der Waals surface area (Å²) in [6, 6.07) is 6.30. The molecule has 3 rings (SSSR count). The quantitative estimate of drug-likeness (QED) is 0.603. The Hall–Kier alpha value is -2.61. The van der Waals surface area contributed by atoms with Gasteiger partial charge in [-0.1, -0.05) is 20.8 Å². The molecule has 0 spiro atoms. The van der Waals surface area contributed by atoms with E-state index in [1.165, 1.54) is 4.57 Å². The highest BCUT2D eigenvalue weighted by Crippen LogP contribution is 2.29. The molecule has 0 saturated carbocycles. The first kappa shape index (κ1) is 23.7. The van der Waals surface area contributed by atoms with Crippen molar-refractivity contribution in [2.45, 2.75) is 46.3 Å². The van der Waals surface area contributed by atoms with E-state index >= 15 is 0 Å². The number of hydrogen-bond donors (Lipinski definition) is 1. The van der Waals surface area contributed by atoms with E-state index in [1.54, 1.807) is 38.4 Å². The lowest BCUT2D eigenvalue weighted by atomic mass is 10.0. The van der Waals surface area contributed by atoms with Crippen LogP contribution in [0.4, 0.5) is 13.2 Å². The van der Waals surface area contributed by atoms with Crippen molar-refractivity contribution in [1.29, 1.82) is 0 Å². The number of pyridine rings is 2. The molecule has 2 heterocycles. The van der Waals surface area contributed by atoms with Gasteiger partial charge in [0.2, 0.25) is 0 Å². The Kier molecular flexibility index (Phi) is 7.47. The Labute approximate surface area is 173 Å². The SMILES string of the molecule is CC.Cc1nccc2c1c(=O)n(C)c1cc(OCC(N)CC(C)C(F)(F)F)ccc21. The number of fused-ring (bicyclic) bond motifs is 3. The summed E-state index contributed by atoms with van der Waals surface area (Å²) in [5, 5.41) is 2.23. The molecule has 0 fully saturated rings. The van der Waals surface area contributed by atoms with Crippen LogP contribution in [-0.2, 0) is 7.05 Å². The molecule has 2 atom stereocenters. The van der Waals surface area contributed by atoms with E-state index in [0.717, 1.165) is 17.7 Å². The second-order valence-electron chi connectivity index (χ2n) is 7.11. The Morgan fingerprint density at radius 1 is 1.20 bits per heavy atom. The molecular formula is C22H28F3N3O2. The molecule has 0 bridgehead atoms. The van der Waals surface area contributed by atoms with E-state index in [4.69, 9.17) is 10.5 Å². The smallest absolute Gasteiger partial charge is 0.391 e. The third-order valence-electron chi connectivity index (χ3n) is 4.96. The maximum absolute atomic E-state index is 12.7. The van der Waals surface area contributed by atoms with Crippen LogP contribution in [0.15, 0.2) is 35.3 Å². The largest absolute Gasteiger partial charge is 0.492 e. The van der Waals surface area contributed by atoms with Gasteiger partial charge in [-0.05, 0) is 36.9 Å². The minimum atomic E-state index is -4.27. The number of nitrogens with zero attached hydrogens (tertiary/aromatic N) is 2. The molecule has 0 aliphatic carbocycles. The zero-order valence-electron chi connectivity index (χ0n) is 17.9. The summed E-state index contributed by atoms with van der Waals surface area (Å²) in [6.45, 7) is 6.85. The van der Waals surface area contributed by atoms with E-state index in [0.29, 0.717) is 22.3 Å². The maximum atomic E-state index is 12.7. The molecule has 2 unspecified atom stereocenters. The highest BCUT2D eigenvalue weighted by molar-refractivity contribution is 6.06.